The van der Waals surface area contributed by atoms with Gasteiger partial charge in [-0.3, -0.25) is 0 Å². The summed E-state index contributed by atoms with van der Waals surface area (Å²) >= 11 is 5.47. The number of alkyl halides is 3. The van der Waals surface area contributed by atoms with Crippen molar-refractivity contribution in [2.24, 2.45) is 5.73 Å². The van der Waals surface area contributed by atoms with Crippen LogP contribution < -0.4 is 5.73 Å². The van der Waals surface area contributed by atoms with Crippen molar-refractivity contribution >= 4 is 11.6 Å². The second-order valence-corrected chi connectivity index (χ2v) is 3.45. The molecule has 1 atom stereocenters. The minimum Gasteiger partial charge on any atom is -0.394 e. The van der Waals surface area contributed by atoms with Gasteiger partial charge in [0.05, 0.1) is 18.2 Å². The van der Waals surface area contributed by atoms with Gasteiger partial charge in [0.1, 0.15) is 0 Å². The lowest BCUT2D eigenvalue weighted by molar-refractivity contribution is -0.138. The van der Waals surface area contributed by atoms with Crippen molar-refractivity contribution in [2.75, 3.05) is 6.61 Å². The van der Waals surface area contributed by atoms with Gasteiger partial charge in [0.15, 0.2) is 0 Å². The summed E-state index contributed by atoms with van der Waals surface area (Å²) in [4.78, 5) is 0. The molecular formula is C9H9ClF3NO. The van der Waals surface area contributed by atoms with E-state index < -0.39 is 24.4 Å². The fourth-order valence-corrected chi connectivity index (χ4v) is 1.37. The molecule has 0 unspecified atom stereocenters. The van der Waals surface area contributed by atoms with Crippen LogP contribution in [0.4, 0.5) is 13.2 Å². The van der Waals surface area contributed by atoms with Crippen molar-refractivity contribution in [1.29, 1.82) is 0 Å². The van der Waals surface area contributed by atoms with Crippen LogP contribution in [-0.4, -0.2) is 11.7 Å². The van der Waals surface area contributed by atoms with Crippen molar-refractivity contribution < 1.29 is 18.3 Å². The Balaban J connectivity index is 3.27. The second-order valence-electron chi connectivity index (χ2n) is 3.02. The first-order valence-corrected chi connectivity index (χ1v) is 4.47. The van der Waals surface area contributed by atoms with Crippen LogP contribution in [0, 0.1) is 0 Å². The predicted octanol–water partition coefficient (Wildman–Crippen LogP) is 2.35. The number of hydrogen-bond donors (Lipinski definition) is 2. The molecular weight excluding hydrogens is 231 g/mol. The predicted molar refractivity (Wildman–Crippen MR) is 50.5 cm³/mol. The highest BCUT2D eigenvalue weighted by Crippen LogP contribution is 2.35. The van der Waals surface area contributed by atoms with Crippen LogP contribution in [0.15, 0.2) is 18.2 Å². The Bertz CT molecular complexity index is 354. The fourth-order valence-electron chi connectivity index (χ4n) is 1.20. The summed E-state index contributed by atoms with van der Waals surface area (Å²) in [5.41, 5.74) is 4.28. The van der Waals surface area contributed by atoms with Gasteiger partial charge in [0.25, 0.3) is 0 Å². The van der Waals surface area contributed by atoms with Gasteiger partial charge in [0.2, 0.25) is 0 Å². The van der Waals surface area contributed by atoms with Crippen LogP contribution in [0.5, 0.6) is 0 Å². The summed E-state index contributed by atoms with van der Waals surface area (Å²) in [6, 6.07) is 2.22. The third kappa shape index (κ3) is 2.84. The van der Waals surface area contributed by atoms with Crippen LogP contribution >= 0.6 is 11.6 Å². The minimum atomic E-state index is -4.52. The topological polar surface area (TPSA) is 46.2 Å². The standard InChI is InChI=1S/C9H9ClF3NO/c10-5-1-2-6(8(14)4-15)7(3-5)9(11,12)13/h1-3,8,15H,4,14H2/t8-/m1/s1. The molecule has 6 heteroatoms. The van der Waals surface area contributed by atoms with E-state index in [1.54, 1.807) is 0 Å². The van der Waals surface area contributed by atoms with E-state index in [0.717, 1.165) is 6.07 Å². The van der Waals surface area contributed by atoms with E-state index in [2.05, 4.69) is 0 Å². The van der Waals surface area contributed by atoms with Crippen LogP contribution in [0.1, 0.15) is 17.2 Å². The maximum Gasteiger partial charge on any atom is 0.416 e. The van der Waals surface area contributed by atoms with E-state index >= 15 is 0 Å². The van der Waals surface area contributed by atoms with Crippen LogP contribution in [0.3, 0.4) is 0 Å². The summed E-state index contributed by atoms with van der Waals surface area (Å²) in [5, 5.41) is 8.70. The van der Waals surface area contributed by atoms with Crippen LogP contribution in [0.25, 0.3) is 0 Å². The molecule has 0 aliphatic carbocycles. The zero-order valence-electron chi connectivity index (χ0n) is 7.55. The third-order valence-corrected chi connectivity index (χ3v) is 2.15. The number of aliphatic hydroxyl groups is 1. The number of benzene rings is 1. The van der Waals surface area contributed by atoms with Gasteiger partial charge in [-0.15, -0.1) is 0 Å². The summed E-state index contributed by atoms with van der Waals surface area (Å²) < 4.78 is 37.6. The lowest BCUT2D eigenvalue weighted by atomic mass is 10.0. The molecule has 0 saturated carbocycles. The Morgan fingerprint density at radius 2 is 2.00 bits per heavy atom. The molecule has 0 aromatic heterocycles. The van der Waals surface area contributed by atoms with E-state index in [4.69, 9.17) is 22.4 Å². The molecule has 0 spiro atoms. The zero-order chi connectivity index (χ0) is 11.6. The molecule has 0 saturated heterocycles. The summed E-state index contributed by atoms with van der Waals surface area (Å²) in [7, 11) is 0. The second kappa shape index (κ2) is 4.38. The van der Waals surface area contributed by atoms with Crippen molar-refractivity contribution in [3.05, 3.63) is 34.3 Å². The first kappa shape index (κ1) is 12.3. The van der Waals surface area contributed by atoms with Gasteiger partial charge < -0.3 is 10.8 Å². The Morgan fingerprint density at radius 1 is 1.40 bits per heavy atom. The Morgan fingerprint density at radius 3 is 2.47 bits per heavy atom. The van der Waals surface area contributed by atoms with E-state index in [0.29, 0.717) is 0 Å². The van der Waals surface area contributed by atoms with Gasteiger partial charge in [0, 0.05) is 5.02 Å². The third-order valence-electron chi connectivity index (χ3n) is 1.92. The number of rotatable bonds is 2. The highest BCUT2D eigenvalue weighted by atomic mass is 35.5. The average molecular weight is 240 g/mol. The molecule has 1 rings (SSSR count). The first-order chi connectivity index (χ1) is 6.86. The smallest absolute Gasteiger partial charge is 0.394 e. The average Bonchev–Trinajstić information content (AvgIpc) is 2.15. The molecule has 1 aromatic rings. The SMILES string of the molecule is N[C@H](CO)c1ccc(Cl)cc1C(F)(F)F. The number of halogens is 4. The number of nitrogens with two attached hydrogens (primary N) is 1. The summed E-state index contributed by atoms with van der Waals surface area (Å²) in [6.07, 6.45) is -4.52. The fraction of sp³-hybridized carbons (Fsp3) is 0.333. The molecule has 0 radical (unpaired) electrons. The van der Waals surface area contributed by atoms with Gasteiger partial charge in [-0.25, -0.2) is 0 Å². The molecule has 1 aromatic carbocycles. The molecule has 0 aliphatic rings. The van der Waals surface area contributed by atoms with Crippen molar-refractivity contribution in [3.8, 4) is 0 Å². The molecule has 0 amide bonds. The summed E-state index contributed by atoms with van der Waals surface area (Å²) in [6.45, 7) is -0.551. The maximum absolute atomic E-state index is 12.5. The molecule has 15 heavy (non-hydrogen) atoms. The first-order valence-electron chi connectivity index (χ1n) is 4.09. The molecule has 3 N–H and O–H groups in total. The number of aliphatic hydroxyl groups excluding tert-OH is 1. The van der Waals surface area contributed by atoms with E-state index in [1.165, 1.54) is 12.1 Å². The highest BCUT2D eigenvalue weighted by Gasteiger charge is 2.34. The minimum absolute atomic E-state index is 0.0174. The Hall–Kier alpha value is -0.780. The van der Waals surface area contributed by atoms with Crippen molar-refractivity contribution in [1.82, 2.24) is 0 Å². The van der Waals surface area contributed by atoms with Crippen LogP contribution in [0.2, 0.25) is 5.02 Å². The molecule has 0 fully saturated rings. The molecule has 0 aliphatic heterocycles. The number of hydrogen-bond acceptors (Lipinski definition) is 2. The lowest BCUT2D eigenvalue weighted by Crippen LogP contribution is -2.20. The lowest BCUT2D eigenvalue weighted by Gasteiger charge is -2.16. The Kier molecular flexibility index (Phi) is 3.59. The highest BCUT2D eigenvalue weighted by molar-refractivity contribution is 6.30. The Labute approximate surface area is 89.5 Å². The van der Waals surface area contributed by atoms with Gasteiger partial charge in [-0.1, -0.05) is 17.7 Å². The van der Waals surface area contributed by atoms with Gasteiger partial charge in [-0.2, -0.15) is 13.2 Å². The van der Waals surface area contributed by atoms with E-state index in [9.17, 15) is 13.2 Å². The summed E-state index contributed by atoms with van der Waals surface area (Å²) in [5.74, 6) is 0. The quantitative estimate of drug-likeness (QED) is 0.832. The molecule has 2 nitrogen and oxygen atoms in total. The zero-order valence-corrected chi connectivity index (χ0v) is 8.31. The molecule has 0 heterocycles. The largest absolute Gasteiger partial charge is 0.416 e. The van der Waals surface area contributed by atoms with Crippen LogP contribution in [-0.2, 0) is 6.18 Å². The molecule has 84 valence electrons. The van der Waals surface area contributed by atoms with Crippen molar-refractivity contribution in [2.45, 2.75) is 12.2 Å². The van der Waals surface area contributed by atoms with E-state index in [1.807, 2.05) is 0 Å². The maximum atomic E-state index is 12.5. The normalized spacial score (nSPS) is 14.0. The van der Waals surface area contributed by atoms with Crippen molar-refractivity contribution in [3.63, 3.8) is 0 Å². The van der Waals surface area contributed by atoms with E-state index in [-0.39, 0.29) is 10.6 Å². The monoisotopic (exact) mass is 239 g/mol. The van der Waals surface area contributed by atoms with Gasteiger partial charge >= 0.3 is 6.18 Å². The van der Waals surface area contributed by atoms with Gasteiger partial charge in [-0.05, 0) is 17.7 Å². The molecule has 0 bridgehead atoms.